The zero-order chi connectivity index (χ0) is 14.1. The van der Waals surface area contributed by atoms with E-state index in [1.54, 1.807) is 0 Å². The number of nitrogen functional groups attached to an aromatic ring is 1. The van der Waals surface area contributed by atoms with Crippen LogP contribution in [0.5, 0.6) is 0 Å². The van der Waals surface area contributed by atoms with E-state index in [0.29, 0.717) is 10.8 Å². The van der Waals surface area contributed by atoms with Crippen LogP contribution in [0.15, 0.2) is 42.5 Å². The molecule has 0 aliphatic rings. The second-order valence-electron chi connectivity index (χ2n) is 4.20. The molecule has 0 fully saturated rings. The van der Waals surface area contributed by atoms with Crippen LogP contribution in [0.3, 0.4) is 0 Å². The van der Waals surface area contributed by atoms with E-state index in [0.717, 1.165) is 20.2 Å². The SMILES string of the molecule is Nc1nc(Nc2ccc(Cl)cc2I)c2ccccc2n1. The van der Waals surface area contributed by atoms with Gasteiger partial charge in [-0.15, -0.1) is 0 Å². The fourth-order valence-corrected chi connectivity index (χ4v) is 2.91. The lowest BCUT2D eigenvalue weighted by Crippen LogP contribution is -2.02. The van der Waals surface area contributed by atoms with Crippen LogP contribution in [0, 0.1) is 3.57 Å². The molecule has 100 valence electrons. The molecule has 6 heteroatoms. The number of nitrogens with one attached hydrogen (secondary N) is 1. The molecule has 2 aromatic carbocycles. The van der Waals surface area contributed by atoms with Crippen LogP contribution in [-0.2, 0) is 0 Å². The minimum Gasteiger partial charge on any atom is -0.368 e. The Bertz CT molecular complexity index is 791. The topological polar surface area (TPSA) is 63.8 Å². The van der Waals surface area contributed by atoms with Gasteiger partial charge in [0.1, 0.15) is 5.82 Å². The van der Waals surface area contributed by atoms with Crippen molar-refractivity contribution >= 4 is 62.5 Å². The maximum absolute atomic E-state index is 5.96. The molecule has 0 spiro atoms. The Kier molecular flexibility index (Phi) is 3.62. The van der Waals surface area contributed by atoms with Gasteiger partial charge in [0, 0.05) is 14.0 Å². The number of benzene rings is 2. The number of hydrogen-bond acceptors (Lipinski definition) is 4. The van der Waals surface area contributed by atoms with Crippen molar-refractivity contribution in [2.75, 3.05) is 11.1 Å². The molecule has 0 bridgehead atoms. The summed E-state index contributed by atoms with van der Waals surface area (Å²) in [5.41, 5.74) is 7.50. The highest BCUT2D eigenvalue weighted by Gasteiger charge is 2.08. The van der Waals surface area contributed by atoms with Gasteiger partial charge in [0.2, 0.25) is 5.95 Å². The molecular weight excluding hydrogens is 387 g/mol. The summed E-state index contributed by atoms with van der Waals surface area (Å²) in [5, 5.41) is 4.91. The Morgan fingerprint density at radius 2 is 1.90 bits per heavy atom. The Balaban J connectivity index is 2.10. The molecule has 0 amide bonds. The Labute approximate surface area is 134 Å². The lowest BCUT2D eigenvalue weighted by atomic mass is 10.2. The number of aromatic nitrogens is 2. The van der Waals surface area contributed by atoms with Crippen molar-refractivity contribution in [2.45, 2.75) is 0 Å². The van der Waals surface area contributed by atoms with Gasteiger partial charge in [-0.25, -0.2) is 4.98 Å². The molecule has 0 aliphatic carbocycles. The number of hydrogen-bond donors (Lipinski definition) is 2. The van der Waals surface area contributed by atoms with Crippen LogP contribution in [-0.4, -0.2) is 9.97 Å². The Morgan fingerprint density at radius 3 is 2.70 bits per heavy atom. The predicted octanol–water partition coefficient (Wildman–Crippen LogP) is 4.21. The van der Waals surface area contributed by atoms with E-state index in [1.807, 2.05) is 42.5 Å². The average Bonchev–Trinajstić information content (AvgIpc) is 2.41. The van der Waals surface area contributed by atoms with E-state index in [9.17, 15) is 0 Å². The summed E-state index contributed by atoms with van der Waals surface area (Å²) >= 11 is 8.19. The number of nitrogens with zero attached hydrogens (tertiary/aromatic N) is 2. The van der Waals surface area contributed by atoms with Gasteiger partial charge in [0.05, 0.1) is 11.2 Å². The molecule has 0 saturated carbocycles. The highest BCUT2D eigenvalue weighted by molar-refractivity contribution is 14.1. The summed E-state index contributed by atoms with van der Waals surface area (Å²) in [6.07, 6.45) is 0. The summed E-state index contributed by atoms with van der Waals surface area (Å²) < 4.78 is 1.01. The molecule has 0 radical (unpaired) electrons. The van der Waals surface area contributed by atoms with Crippen molar-refractivity contribution in [3.8, 4) is 0 Å². The largest absolute Gasteiger partial charge is 0.368 e. The maximum atomic E-state index is 5.96. The first-order valence-electron chi connectivity index (χ1n) is 5.88. The number of anilines is 3. The highest BCUT2D eigenvalue weighted by Crippen LogP contribution is 2.28. The summed E-state index contributed by atoms with van der Waals surface area (Å²) in [6.45, 7) is 0. The highest BCUT2D eigenvalue weighted by atomic mass is 127. The number of nitrogens with two attached hydrogens (primary N) is 1. The van der Waals surface area contributed by atoms with E-state index < -0.39 is 0 Å². The third-order valence-electron chi connectivity index (χ3n) is 2.80. The van der Waals surface area contributed by atoms with Gasteiger partial charge in [0.15, 0.2) is 0 Å². The molecule has 0 saturated heterocycles. The lowest BCUT2D eigenvalue weighted by molar-refractivity contribution is 1.23. The zero-order valence-corrected chi connectivity index (χ0v) is 13.2. The molecule has 4 nitrogen and oxygen atoms in total. The Morgan fingerprint density at radius 1 is 1.10 bits per heavy atom. The average molecular weight is 397 g/mol. The van der Waals surface area contributed by atoms with Gasteiger partial charge in [-0.1, -0.05) is 23.7 Å². The maximum Gasteiger partial charge on any atom is 0.222 e. The van der Waals surface area contributed by atoms with Gasteiger partial charge in [-0.05, 0) is 52.9 Å². The van der Waals surface area contributed by atoms with Crippen LogP contribution < -0.4 is 11.1 Å². The second-order valence-corrected chi connectivity index (χ2v) is 5.80. The predicted molar refractivity (Wildman–Crippen MR) is 91.4 cm³/mol. The number of para-hydroxylation sites is 1. The normalized spacial score (nSPS) is 10.7. The van der Waals surface area contributed by atoms with E-state index >= 15 is 0 Å². The number of rotatable bonds is 2. The summed E-state index contributed by atoms with van der Waals surface area (Å²) in [5.74, 6) is 0.934. The molecule has 1 heterocycles. The third kappa shape index (κ3) is 2.64. The fraction of sp³-hybridized carbons (Fsp3) is 0. The molecule has 20 heavy (non-hydrogen) atoms. The van der Waals surface area contributed by atoms with Gasteiger partial charge in [-0.2, -0.15) is 4.98 Å². The van der Waals surface area contributed by atoms with Crippen LogP contribution in [0.4, 0.5) is 17.5 Å². The first-order chi connectivity index (χ1) is 9.63. The van der Waals surface area contributed by atoms with Crippen LogP contribution in [0.2, 0.25) is 5.02 Å². The molecule has 1 aromatic heterocycles. The van der Waals surface area contributed by atoms with Crippen molar-refractivity contribution in [3.63, 3.8) is 0 Å². The van der Waals surface area contributed by atoms with Crippen molar-refractivity contribution in [3.05, 3.63) is 51.1 Å². The van der Waals surface area contributed by atoms with E-state index in [2.05, 4.69) is 37.9 Å². The smallest absolute Gasteiger partial charge is 0.222 e. The standard InChI is InChI=1S/C14H10ClIN4/c15-8-5-6-12(10(16)7-8)18-13-9-3-1-2-4-11(9)19-14(17)20-13/h1-7H,(H3,17,18,19,20). The lowest BCUT2D eigenvalue weighted by Gasteiger charge is -2.11. The minimum absolute atomic E-state index is 0.246. The molecule has 0 aliphatic heterocycles. The van der Waals surface area contributed by atoms with Crippen LogP contribution in [0.1, 0.15) is 0 Å². The molecule has 0 unspecified atom stereocenters. The van der Waals surface area contributed by atoms with Gasteiger partial charge in [0.25, 0.3) is 0 Å². The van der Waals surface area contributed by atoms with Crippen molar-refractivity contribution < 1.29 is 0 Å². The number of fused-ring (bicyclic) bond motifs is 1. The zero-order valence-electron chi connectivity index (χ0n) is 10.3. The Hall–Kier alpha value is -1.60. The van der Waals surface area contributed by atoms with Crippen molar-refractivity contribution in [1.82, 2.24) is 9.97 Å². The van der Waals surface area contributed by atoms with Crippen molar-refractivity contribution in [1.29, 1.82) is 0 Å². The van der Waals surface area contributed by atoms with Gasteiger partial charge >= 0.3 is 0 Å². The molecule has 0 atom stereocenters. The fourth-order valence-electron chi connectivity index (χ4n) is 1.91. The van der Waals surface area contributed by atoms with E-state index in [4.69, 9.17) is 17.3 Å². The summed E-state index contributed by atoms with van der Waals surface area (Å²) in [7, 11) is 0. The molecular formula is C14H10ClIN4. The van der Waals surface area contributed by atoms with Crippen LogP contribution in [0.25, 0.3) is 10.9 Å². The minimum atomic E-state index is 0.246. The quantitative estimate of drug-likeness (QED) is 0.637. The third-order valence-corrected chi connectivity index (χ3v) is 3.93. The first-order valence-corrected chi connectivity index (χ1v) is 7.33. The number of halogens is 2. The second kappa shape index (κ2) is 5.41. The van der Waals surface area contributed by atoms with Crippen LogP contribution >= 0.6 is 34.2 Å². The van der Waals surface area contributed by atoms with Crippen molar-refractivity contribution in [2.24, 2.45) is 0 Å². The molecule has 3 aromatic rings. The first kappa shape index (κ1) is 13.4. The van der Waals surface area contributed by atoms with Gasteiger partial charge in [-0.3, -0.25) is 0 Å². The van der Waals surface area contributed by atoms with E-state index in [-0.39, 0.29) is 5.95 Å². The van der Waals surface area contributed by atoms with Gasteiger partial charge < -0.3 is 11.1 Å². The van der Waals surface area contributed by atoms with E-state index in [1.165, 1.54) is 0 Å². The summed E-state index contributed by atoms with van der Waals surface area (Å²) in [4.78, 5) is 8.50. The molecule has 3 rings (SSSR count). The monoisotopic (exact) mass is 396 g/mol. The molecule has 3 N–H and O–H groups in total. The summed E-state index contributed by atoms with van der Waals surface area (Å²) in [6, 6.07) is 13.4.